The number of aliphatic hydroxyl groups is 1. The monoisotopic (exact) mass is 286 g/mol. The molecule has 1 aromatic heterocycles. The maximum absolute atomic E-state index is 10.6. The van der Waals surface area contributed by atoms with Crippen molar-refractivity contribution in [2.45, 2.75) is 52.6 Å². The predicted molar refractivity (Wildman–Crippen MR) is 86.1 cm³/mol. The lowest BCUT2D eigenvalue weighted by atomic mass is 9.69. The molecule has 1 saturated carbocycles. The second-order valence-corrected chi connectivity index (χ2v) is 7.61. The minimum Gasteiger partial charge on any atom is -0.458 e. The molecule has 0 bridgehead atoms. The van der Waals surface area contributed by atoms with Crippen LogP contribution < -0.4 is 0 Å². The van der Waals surface area contributed by atoms with Gasteiger partial charge in [0.1, 0.15) is 17.4 Å². The Balaban J connectivity index is 1.70. The van der Waals surface area contributed by atoms with Gasteiger partial charge in [-0.05, 0) is 55.1 Å². The van der Waals surface area contributed by atoms with Gasteiger partial charge in [-0.25, -0.2) is 0 Å². The summed E-state index contributed by atoms with van der Waals surface area (Å²) in [7, 11) is 0. The predicted octanol–water partition coefficient (Wildman–Crippen LogP) is 5.32. The Kier molecular flexibility index (Phi) is 3.83. The molecule has 2 aromatic rings. The van der Waals surface area contributed by atoms with E-state index in [0.717, 1.165) is 35.5 Å². The molecule has 0 amide bonds. The van der Waals surface area contributed by atoms with Crippen molar-refractivity contribution in [1.82, 2.24) is 0 Å². The molecule has 0 aliphatic heterocycles. The van der Waals surface area contributed by atoms with Crippen LogP contribution in [0, 0.1) is 17.3 Å². The first kappa shape index (κ1) is 14.6. The van der Waals surface area contributed by atoms with Gasteiger partial charge in [-0.2, -0.15) is 0 Å². The molecular formula is C19H26O2. The number of aliphatic hydroxyl groups excluding tert-OH is 1. The smallest absolute Gasteiger partial charge is 0.134 e. The Hall–Kier alpha value is -1.28. The van der Waals surface area contributed by atoms with E-state index in [1.54, 1.807) is 0 Å². The minimum atomic E-state index is -0.460. The number of furan rings is 1. The van der Waals surface area contributed by atoms with E-state index in [9.17, 15) is 5.11 Å². The van der Waals surface area contributed by atoms with Gasteiger partial charge in [0.15, 0.2) is 0 Å². The number of hydrogen-bond donors (Lipinski definition) is 1. The van der Waals surface area contributed by atoms with E-state index in [4.69, 9.17) is 4.42 Å². The summed E-state index contributed by atoms with van der Waals surface area (Å²) in [6, 6.07) is 9.96. The number of rotatable bonds is 2. The molecule has 1 unspecified atom stereocenters. The molecule has 3 rings (SSSR count). The highest BCUT2D eigenvalue weighted by atomic mass is 16.4. The Morgan fingerprint density at radius 3 is 2.38 bits per heavy atom. The van der Waals surface area contributed by atoms with Gasteiger partial charge in [-0.3, -0.25) is 0 Å². The third kappa shape index (κ3) is 3.01. The van der Waals surface area contributed by atoms with Crippen LogP contribution in [0.1, 0.15) is 58.3 Å². The summed E-state index contributed by atoms with van der Waals surface area (Å²) in [5.74, 6) is 1.84. The van der Waals surface area contributed by atoms with Gasteiger partial charge in [0.2, 0.25) is 0 Å². The molecule has 1 aromatic carbocycles. The van der Waals surface area contributed by atoms with Gasteiger partial charge in [0, 0.05) is 5.39 Å². The highest BCUT2D eigenvalue weighted by Gasteiger charge is 2.33. The third-order valence-corrected chi connectivity index (χ3v) is 5.18. The summed E-state index contributed by atoms with van der Waals surface area (Å²) < 4.78 is 5.83. The molecular weight excluding hydrogens is 260 g/mol. The lowest BCUT2D eigenvalue weighted by molar-refractivity contribution is 0.0402. The summed E-state index contributed by atoms with van der Waals surface area (Å²) in [5, 5.41) is 11.7. The zero-order chi connectivity index (χ0) is 15.0. The summed E-state index contributed by atoms with van der Waals surface area (Å²) in [6.07, 6.45) is 4.16. The quantitative estimate of drug-likeness (QED) is 0.810. The Bertz CT molecular complexity index is 564. The number of para-hydroxylation sites is 1. The van der Waals surface area contributed by atoms with Crippen molar-refractivity contribution in [3.8, 4) is 0 Å². The van der Waals surface area contributed by atoms with Crippen molar-refractivity contribution in [2.24, 2.45) is 17.3 Å². The highest BCUT2D eigenvalue weighted by molar-refractivity contribution is 5.77. The third-order valence-electron chi connectivity index (χ3n) is 5.18. The van der Waals surface area contributed by atoms with Crippen LogP contribution in [0.25, 0.3) is 11.0 Å². The van der Waals surface area contributed by atoms with Gasteiger partial charge in [-0.15, -0.1) is 0 Å². The van der Waals surface area contributed by atoms with E-state index in [0.29, 0.717) is 11.3 Å². The van der Waals surface area contributed by atoms with Crippen LogP contribution in [0.4, 0.5) is 0 Å². The van der Waals surface area contributed by atoms with E-state index in [1.165, 1.54) is 12.8 Å². The SMILES string of the molecule is CC(C)(C)C1CCC(C(O)c2cc3ccccc3o2)CC1. The average Bonchev–Trinajstić information content (AvgIpc) is 2.89. The molecule has 1 heterocycles. The van der Waals surface area contributed by atoms with Crippen LogP contribution >= 0.6 is 0 Å². The molecule has 0 radical (unpaired) electrons. The van der Waals surface area contributed by atoms with Gasteiger partial charge in [-0.1, -0.05) is 39.0 Å². The molecule has 1 aliphatic carbocycles. The molecule has 0 saturated heterocycles. The fraction of sp³-hybridized carbons (Fsp3) is 0.579. The van der Waals surface area contributed by atoms with Gasteiger partial charge >= 0.3 is 0 Å². The zero-order valence-electron chi connectivity index (χ0n) is 13.3. The van der Waals surface area contributed by atoms with Gasteiger partial charge in [0.25, 0.3) is 0 Å². The van der Waals surface area contributed by atoms with E-state index >= 15 is 0 Å². The molecule has 1 fully saturated rings. The van der Waals surface area contributed by atoms with Crippen molar-refractivity contribution in [1.29, 1.82) is 0 Å². The lowest BCUT2D eigenvalue weighted by Gasteiger charge is -2.38. The molecule has 1 atom stereocenters. The standard InChI is InChI=1S/C19H26O2/c1-19(2,3)15-10-8-13(9-11-15)18(20)17-12-14-6-4-5-7-16(14)21-17/h4-7,12-13,15,18,20H,8-11H2,1-3H3. The van der Waals surface area contributed by atoms with Crippen molar-refractivity contribution >= 4 is 11.0 Å². The van der Waals surface area contributed by atoms with Crippen LogP contribution in [0.3, 0.4) is 0 Å². The first-order valence-electron chi connectivity index (χ1n) is 8.11. The first-order chi connectivity index (χ1) is 9.95. The Morgan fingerprint density at radius 1 is 1.10 bits per heavy atom. The second kappa shape index (κ2) is 5.49. The topological polar surface area (TPSA) is 33.4 Å². The molecule has 2 nitrogen and oxygen atoms in total. The molecule has 114 valence electrons. The Morgan fingerprint density at radius 2 is 1.76 bits per heavy atom. The fourth-order valence-corrected chi connectivity index (χ4v) is 3.68. The van der Waals surface area contributed by atoms with Crippen LogP contribution in [-0.4, -0.2) is 5.11 Å². The van der Waals surface area contributed by atoms with Crippen LogP contribution in [0.5, 0.6) is 0 Å². The fourth-order valence-electron chi connectivity index (χ4n) is 3.68. The second-order valence-electron chi connectivity index (χ2n) is 7.61. The summed E-state index contributed by atoms with van der Waals surface area (Å²) in [6.45, 7) is 6.98. The van der Waals surface area contributed by atoms with E-state index in [2.05, 4.69) is 20.8 Å². The Labute approximate surface area is 127 Å². The van der Waals surface area contributed by atoms with Crippen LogP contribution in [0.2, 0.25) is 0 Å². The van der Waals surface area contributed by atoms with Crippen molar-refractivity contribution in [3.05, 3.63) is 36.1 Å². The van der Waals surface area contributed by atoms with Crippen LogP contribution in [0.15, 0.2) is 34.7 Å². The van der Waals surface area contributed by atoms with E-state index < -0.39 is 6.10 Å². The molecule has 0 spiro atoms. The highest BCUT2D eigenvalue weighted by Crippen LogP contribution is 2.43. The molecule has 1 aliphatic rings. The van der Waals surface area contributed by atoms with Crippen molar-refractivity contribution in [2.75, 3.05) is 0 Å². The van der Waals surface area contributed by atoms with Crippen LogP contribution in [-0.2, 0) is 0 Å². The summed E-state index contributed by atoms with van der Waals surface area (Å²) in [5.41, 5.74) is 1.25. The molecule has 2 heteroatoms. The number of fused-ring (bicyclic) bond motifs is 1. The van der Waals surface area contributed by atoms with Gasteiger partial charge < -0.3 is 9.52 Å². The first-order valence-corrected chi connectivity index (χ1v) is 8.11. The lowest BCUT2D eigenvalue weighted by Crippen LogP contribution is -2.28. The van der Waals surface area contributed by atoms with Crippen molar-refractivity contribution in [3.63, 3.8) is 0 Å². The van der Waals surface area contributed by atoms with Crippen molar-refractivity contribution < 1.29 is 9.52 Å². The maximum atomic E-state index is 10.6. The van der Waals surface area contributed by atoms with E-state index in [-0.39, 0.29) is 0 Å². The average molecular weight is 286 g/mol. The normalized spacial score (nSPS) is 25.1. The molecule has 21 heavy (non-hydrogen) atoms. The van der Waals surface area contributed by atoms with E-state index in [1.807, 2.05) is 30.3 Å². The zero-order valence-corrected chi connectivity index (χ0v) is 13.3. The summed E-state index contributed by atoms with van der Waals surface area (Å²) >= 11 is 0. The largest absolute Gasteiger partial charge is 0.458 e. The van der Waals surface area contributed by atoms with Gasteiger partial charge in [0.05, 0.1) is 0 Å². The molecule has 1 N–H and O–H groups in total. The number of benzene rings is 1. The minimum absolute atomic E-state index is 0.337. The maximum Gasteiger partial charge on any atom is 0.134 e. The number of hydrogen-bond acceptors (Lipinski definition) is 2. The summed E-state index contributed by atoms with van der Waals surface area (Å²) in [4.78, 5) is 0.